The fourth-order valence-electron chi connectivity index (χ4n) is 6.55. The maximum Gasteiger partial charge on any atom is 0.246 e. The van der Waals surface area contributed by atoms with E-state index in [9.17, 15) is 14.9 Å². The van der Waals surface area contributed by atoms with Gasteiger partial charge < -0.3 is 0 Å². The molecule has 1 saturated heterocycles. The number of nitrogens with zero attached hydrogens (tertiary/aromatic N) is 2. The smallest absolute Gasteiger partial charge is 0.246 e. The van der Waals surface area contributed by atoms with Gasteiger partial charge in [-0.1, -0.05) is 121 Å². The van der Waals surface area contributed by atoms with Gasteiger partial charge in [-0.15, -0.1) is 0 Å². The standard InChI is InChI=1S/C31H26N2O3/c34-26-21-32(29(24-17-9-3-10-18-24)25-19-11-4-12-20-25)31(26)28(23-15-7-2-8-16-23)27(30(31)33(35)36)22-13-5-1-6-14-22/h1-20,27-30H,21H2/t27-,28-,30+,31+/m1/s1. The lowest BCUT2D eigenvalue weighted by atomic mass is 9.46. The molecule has 0 N–H and O–H groups in total. The number of ketones is 1. The van der Waals surface area contributed by atoms with Gasteiger partial charge in [0.15, 0.2) is 11.3 Å². The monoisotopic (exact) mass is 474 g/mol. The molecule has 5 nitrogen and oxygen atoms in total. The van der Waals surface area contributed by atoms with E-state index in [1.165, 1.54) is 0 Å². The number of carbonyl (C=O) groups is 1. The molecule has 0 unspecified atom stereocenters. The number of rotatable bonds is 6. The molecule has 1 aliphatic carbocycles. The average Bonchev–Trinajstić information content (AvgIpc) is 2.90. The first-order valence-electron chi connectivity index (χ1n) is 12.3. The third-order valence-corrected chi connectivity index (χ3v) is 7.97. The highest BCUT2D eigenvalue weighted by Gasteiger charge is 2.80. The van der Waals surface area contributed by atoms with Gasteiger partial charge in [-0.05, 0) is 22.3 Å². The molecule has 0 aromatic heterocycles. The van der Waals surface area contributed by atoms with E-state index in [1.54, 1.807) is 0 Å². The van der Waals surface area contributed by atoms with Gasteiger partial charge in [-0.25, -0.2) is 0 Å². The predicted molar refractivity (Wildman–Crippen MR) is 138 cm³/mol. The van der Waals surface area contributed by atoms with Crippen LogP contribution < -0.4 is 0 Å². The van der Waals surface area contributed by atoms with E-state index in [1.807, 2.05) is 121 Å². The predicted octanol–water partition coefficient (Wildman–Crippen LogP) is 5.63. The van der Waals surface area contributed by atoms with Crippen LogP contribution in [0.1, 0.15) is 40.1 Å². The van der Waals surface area contributed by atoms with Crippen LogP contribution in [-0.2, 0) is 4.79 Å². The normalized spacial score (nSPS) is 25.4. The summed E-state index contributed by atoms with van der Waals surface area (Å²) in [5.74, 6) is -0.780. The van der Waals surface area contributed by atoms with Crippen LogP contribution in [0.4, 0.5) is 0 Å². The summed E-state index contributed by atoms with van der Waals surface area (Å²) in [7, 11) is 0. The highest BCUT2D eigenvalue weighted by atomic mass is 16.6. The molecule has 5 heteroatoms. The SMILES string of the molecule is O=C1CN(C(c2ccccc2)c2ccccc2)[C@]12[C@H](c1ccccc1)[C@@H](c1ccccc1)[C@@H]2[N+](=O)[O-]. The van der Waals surface area contributed by atoms with Crippen LogP contribution in [-0.4, -0.2) is 33.7 Å². The Hall–Kier alpha value is -4.09. The summed E-state index contributed by atoms with van der Waals surface area (Å²) in [6.07, 6.45) is 0. The third kappa shape index (κ3) is 3.23. The Labute approximate surface area is 210 Å². The molecule has 0 radical (unpaired) electrons. The van der Waals surface area contributed by atoms with Crippen LogP contribution in [0.5, 0.6) is 0 Å². The number of nitro groups is 1. The van der Waals surface area contributed by atoms with Gasteiger partial charge in [0.1, 0.15) is 0 Å². The highest BCUT2D eigenvalue weighted by Crippen LogP contribution is 2.65. The number of hydrogen-bond acceptors (Lipinski definition) is 4. The molecule has 2 fully saturated rings. The molecular weight excluding hydrogens is 448 g/mol. The summed E-state index contributed by atoms with van der Waals surface area (Å²) in [6.45, 7) is 0.184. The van der Waals surface area contributed by atoms with E-state index in [-0.39, 0.29) is 29.2 Å². The van der Waals surface area contributed by atoms with Crippen LogP contribution in [0.25, 0.3) is 0 Å². The van der Waals surface area contributed by atoms with Crippen LogP contribution in [0.2, 0.25) is 0 Å². The minimum Gasteiger partial charge on any atom is -0.296 e. The third-order valence-electron chi connectivity index (χ3n) is 7.97. The lowest BCUT2D eigenvalue weighted by Crippen LogP contribution is -2.85. The van der Waals surface area contributed by atoms with Crippen molar-refractivity contribution in [1.29, 1.82) is 0 Å². The van der Waals surface area contributed by atoms with Crippen molar-refractivity contribution in [3.63, 3.8) is 0 Å². The van der Waals surface area contributed by atoms with Crippen molar-refractivity contribution in [2.45, 2.75) is 29.5 Å². The number of Topliss-reactive ketones (excluding diaryl/α,β-unsaturated/α-hetero) is 1. The van der Waals surface area contributed by atoms with Gasteiger partial charge in [0.2, 0.25) is 6.04 Å². The molecule has 0 bridgehead atoms. The zero-order chi connectivity index (χ0) is 24.7. The number of carbonyl (C=O) groups excluding carboxylic acids is 1. The van der Waals surface area contributed by atoms with Crippen LogP contribution >= 0.6 is 0 Å². The molecule has 4 atom stereocenters. The van der Waals surface area contributed by atoms with Crippen molar-refractivity contribution < 1.29 is 9.72 Å². The molecule has 0 amide bonds. The van der Waals surface area contributed by atoms with Crippen LogP contribution in [0, 0.1) is 10.1 Å². The Balaban J connectivity index is 1.55. The highest BCUT2D eigenvalue weighted by molar-refractivity contribution is 6.00. The molecule has 1 saturated carbocycles. The minimum absolute atomic E-state index is 0.0536. The Kier molecular flexibility index (Phi) is 5.50. The lowest BCUT2D eigenvalue weighted by Gasteiger charge is -2.66. The lowest BCUT2D eigenvalue weighted by molar-refractivity contribution is -0.564. The molecule has 36 heavy (non-hydrogen) atoms. The molecule has 4 aromatic carbocycles. The number of hydrogen-bond donors (Lipinski definition) is 0. The van der Waals surface area contributed by atoms with Gasteiger partial charge >= 0.3 is 0 Å². The van der Waals surface area contributed by atoms with Crippen molar-refractivity contribution in [3.8, 4) is 0 Å². The molecule has 178 valence electrons. The first-order chi connectivity index (χ1) is 17.6. The maximum atomic E-state index is 13.7. The fraction of sp³-hybridized carbons (Fsp3) is 0.194. The first kappa shape index (κ1) is 22.4. The number of likely N-dealkylation sites (tertiary alicyclic amines) is 1. The zero-order valence-corrected chi connectivity index (χ0v) is 19.7. The van der Waals surface area contributed by atoms with Gasteiger partial charge in [-0.3, -0.25) is 19.8 Å². The van der Waals surface area contributed by atoms with Crippen LogP contribution in [0.15, 0.2) is 121 Å². The second kappa shape index (κ2) is 8.85. The van der Waals surface area contributed by atoms with E-state index < -0.39 is 17.5 Å². The topological polar surface area (TPSA) is 63.5 Å². The number of benzene rings is 4. The van der Waals surface area contributed by atoms with Gasteiger partial charge in [0.05, 0.1) is 18.5 Å². The summed E-state index contributed by atoms with van der Waals surface area (Å²) < 4.78 is 0. The molecular formula is C31H26N2O3. The van der Waals surface area contributed by atoms with E-state index >= 15 is 0 Å². The summed E-state index contributed by atoms with van der Waals surface area (Å²) in [4.78, 5) is 28.4. The van der Waals surface area contributed by atoms with Crippen molar-refractivity contribution >= 4 is 5.78 Å². The Morgan fingerprint density at radius 3 is 1.61 bits per heavy atom. The van der Waals surface area contributed by atoms with E-state index in [0.717, 1.165) is 22.3 Å². The molecule has 4 aromatic rings. The summed E-state index contributed by atoms with van der Waals surface area (Å²) in [5.41, 5.74) is 2.68. The van der Waals surface area contributed by atoms with Crippen molar-refractivity contribution in [2.24, 2.45) is 0 Å². The zero-order valence-electron chi connectivity index (χ0n) is 19.7. The molecule has 6 rings (SSSR count). The Bertz CT molecular complexity index is 1340. The largest absolute Gasteiger partial charge is 0.296 e. The summed E-state index contributed by atoms with van der Waals surface area (Å²) in [5, 5.41) is 12.8. The molecule has 1 spiro atoms. The van der Waals surface area contributed by atoms with E-state index in [4.69, 9.17) is 0 Å². The second-order valence-corrected chi connectivity index (χ2v) is 9.66. The second-order valence-electron chi connectivity index (χ2n) is 9.66. The Morgan fingerprint density at radius 1 is 0.722 bits per heavy atom. The maximum absolute atomic E-state index is 13.7. The quantitative estimate of drug-likeness (QED) is 0.269. The molecule has 1 heterocycles. The van der Waals surface area contributed by atoms with E-state index in [2.05, 4.69) is 4.90 Å². The Morgan fingerprint density at radius 2 is 1.17 bits per heavy atom. The van der Waals surface area contributed by atoms with Crippen LogP contribution in [0.3, 0.4) is 0 Å². The molecule has 2 aliphatic rings. The van der Waals surface area contributed by atoms with Gasteiger partial charge in [0, 0.05) is 10.8 Å². The average molecular weight is 475 g/mol. The molecule has 1 aliphatic heterocycles. The van der Waals surface area contributed by atoms with E-state index in [0.29, 0.717) is 0 Å². The summed E-state index contributed by atoms with van der Waals surface area (Å²) in [6, 6.07) is 38.2. The van der Waals surface area contributed by atoms with Crippen molar-refractivity contribution in [1.82, 2.24) is 4.90 Å². The van der Waals surface area contributed by atoms with Crippen molar-refractivity contribution in [2.75, 3.05) is 6.54 Å². The van der Waals surface area contributed by atoms with Gasteiger partial charge in [0.25, 0.3) is 0 Å². The fourth-order valence-corrected chi connectivity index (χ4v) is 6.55. The summed E-state index contributed by atoms with van der Waals surface area (Å²) >= 11 is 0. The first-order valence-corrected chi connectivity index (χ1v) is 12.3. The van der Waals surface area contributed by atoms with Gasteiger partial charge in [-0.2, -0.15) is 0 Å². The van der Waals surface area contributed by atoms with Crippen molar-refractivity contribution in [3.05, 3.63) is 154 Å². The minimum atomic E-state index is -1.22.